The van der Waals surface area contributed by atoms with Gasteiger partial charge in [-0.2, -0.15) is 0 Å². The second kappa shape index (κ2) is 14.2. The molecule has 280 valence electrons. The lowest BCUT2D eigenvalue weighted by molar-refractivity contribution is 0.582. The first kappa shape index (κ1) is 34.8. The Bertz CT molecular complexity index is 3130. The topological polar surface area (TPSA) is 28.5 Å². The number of aromatic nitrogens is 1. The summed E-state index contributed by atoms with van der Waals surface area (Å²) in [5, 5.41) is 3.13. The molecule has 59 heavy (non-hydrogen) atoms. The van der Waals surface area contributed by atoms with Gasteiger partial charge in [-0.15, -0.1) is 0 Å². The third-order valence-corrected chi connectivity index (χ3v) is 14.4. The standard InChI is InChI=1S/C54H38N3OP/c58-59(48-26-14-5-15-27-48)56(45-22-10-3-11-23-45)53-33-31-42(38-54(53)57(59)46-24-12-4-13-25-46)41-30-32-52-50(37-41)49-28-16-17-29-51(49)55(52)47-35-43(39-18-6-1-7-19-39)34-44(36-47)40-20-8-2-9-21-40/h1-38H. The minimum Gasteiger partial charge on any atom is -0.309 e. The van der Waals surface area contributed by atoms with Crippen LogP contribution in [0.2, 0.25) is 0 Å². The van der Waals surface area contributed by atoms with Crippen molar-refractivity contribution in [3.05, 3.63) is 231 Å². The summed E-state index contributed by atoms with van der Waals surface area (Å²) in [6.07, 6.45) is 0. The Kier molecular flexibility index (Phi) is 8.39. The molecule has 0 radical (unpaired) electrons. The lowest BCUT2D eigenvalue weighted by Gasteiger charge is -2.33. The smallest absolute Gasteiger partial charge is 0.301 e. The van der Waals surface area contributed by atoms with Crippen molar-refractivity contribution in [1.82, 2.24) is 4.57 Å². The fourth-order valence-electron chi connectivity index (χ4n) is 8.78. The van der Waals surface area contributed by atoms with Gasteiger partial charge in [0.2, 0.25) is 0 Å². The van der Waals surface area contributed by atoms with Gasteiger partial charge in [0, 0.05) is 27.8 Å². The van der Waals surface area contributed by atoms with Gasteiger partial charge < -0.3 is 4.57 Å². The summed E-state index contributed by atoms with van der Waals surface area (Å²) < 4.78 is 22.6. The molecular formula is C54H38N3OP. The van der Waals surface area contributed by atoms with Crippen LogP contribution < -0.4 is 14.6 Å². The zero-order valence-corrected chi connectivity index (χ0v) is 33.0. The van der Waals surface area contributed by atoms with Gasteiger partial charge in [-0.25, -0.2) is 0 Å². The van der Waals surface area contributed by atoms with E-state index in [2.05, 4.69) is 166 Å². The zero-order valence-electron chi connectivity index (χ0n) is 32.1. The average molecular weight is 776 g/mol. The third-order valence-electron chi connectivity index (χ3n) is 11.5. The maximum atomic E-state index is 16.1. The summed E-state index contributed by atoms with van der Waals surface area (Å²) in [5.41, 5.74) is 13.8. The molecule has 0 N–H and O–H groups in total. The maximum absolute atomic E-state index is 16.1. The number of nitrogens with zero attached hydrogens (tertiary/aromatic N) is 3. The van der Waals surface area contributed by atoms with E-state index in [0.717, 1.165) is 55.9 Å². The van der Waals surface area contributed by atoms with Crippen molar-refractivity contribution in [2.75, 3.05) is 9.34 Å². The van der Waals surface area contributed by atoms with Crippen molar-refractivity contribution in [2.45, 2.75) is 0 Å². The van der Waals surface area contributed by atoms with Crippen LogP contribution in [0.15, 0.2) is 231 Å². The summed E-state index contributed by atoms with van der Waals surface area (Å²) in [6, 6.07) is 80.4. The summed E-state index contributed by atoms with van der Waals surface area (Å²) in [4.78, 5) is 0. The molecule has 1 aliphatic rings. The van der Waals surface area contributed by atoms with Crippen molar-refractivity contribution in [1.29, 1.82) is 0 Å². The van der Waals surface area contributed by atoms with E-state index in [0.29, 0.717) is 0 Å². The van der Waals surface area contributed by atoms with Crippen LogP contribution in [-0.2, 0) is 4.57 Å². The molecule has 9 aromatic carbocycles. The van der Waals surface area contributed by atoms with E-state index < -0.39 is 7.44 Å². The van der Waals surface area contributed by atoms with Gasteiger partial charge in [-0.1, -0.05) is 146 Å². The highest BCUT2D eigenvalue weighted by Crippen LogP contribution is 2.70. The number of fused-ring (bicyclic) bond motifs is 4. The molecule has 0 bridgehead atoms. The lowest BCUT2D eigenvalue weighted by atomic mass is 9.98. The summed E-state index contributed by atoms with van der Waals surface area (Å²) >= 11 is 0. The molecule has 1 aromatic heterocycles. The average Bonchev–Trinajstić information content (AvgIpc) is 3.79. The number of benzene rings is 9. The highest BCUT2D eigenvalue weighted by molar-refractivity contribution is 7.76. The number of anilines is 4. The Morgan fingerprint density at radius 1 is 0.305 bits per heavy atom. The number of para-hydroxylation sites is 3. The first-order chi connectivity index (χ1) is 29.1. The highest BCUT2D eigenvalue weighted by atomic mass is 31.2. The minimum atomic E-state index is -3.47. The maximum Gasteiger partial charge on any atom is 0.301 e. The molecule has 0 fully saturated rings. The van der Waals surface area contributed by atoms with Gasteiger partial charge in [-0.05, 0) is 118 Å². The third kappa shape index (κ3) is 5.80. The summed E-state index contributed by atoms with van der Waals surface area (Å²) in [7, 11) is -3.47. The van der Waals surface area contributed by atoms with E-state index in [9.17, 15) is 0 Å². The lowest BCUT2D eigenvalue weighted by Crippen LogP contribution is -2.26. The molecule has 4 nitrogen and oxygen atoms in total. The first-order valence-corrected chi connectivity index (χ1v) is 21.6. The fourth-order valence-corrected chi connectivity index (χ4v) is 11.8. The predicted octanol–water partition coefficient (Wildman–Crippen LogP) is 14.6. The van der Waals surface area contributed by atoms with Gasteiger partial charge in [0.15, 0.2) is 0 Å². The van der Waals surface area contributed by atoms with Crippen LogP contribution in [0, 0.1) is 0 Å². The van der Waals surface area contributed by atoms with Crippen LogP contribution in [0.5, 0.6) is 0 Å². The van der Waals surface area contributed by atoms with E-state index in [4.69, 9.17) is 0 Å². The SMILES string of the molecule is O=P1(c2ccccc2)N(c2ccccc2)c2ccc(-c3ccc4c(c3)c3ccccc3n4-c3cc(-c4ccccc4)cc(-c4ccccc4)c3)cc2N1c1ccccc1. The van der Waals surface area contributed by atoms with Crippen LogP contribution in [0.3, 0.4) is 0 Å². The molecule has 2 heterocycles. The molecule has 5 heteroatoms. The molecule has 0 aliphatic carbocycles. The van der Waals surface area contributed by atoms with Crippen molar-refractivity contribution < 1.29 is 4.57 Å². The first-order valence-electron chi connectivity index (χ1n) is 20.0. The molecule has 0 saturated heterocycles. The molecule has 10 aromatic rings. The predicted molar refractivity (Wildman–Crippen MR) is 248 cm³/mol. The van der Waals surface area contributed by atoms with E-state index in [1.54, 1.807) is 0 Å². The van der Waals surface area contributed by atoms with E-state index in [-0.39, 0.29) is 0 Å². The minimum absolute atomic E-state index is 0.770. The fraction of sp³-hybridized carbons (Fsp3) is 0. The number of hydrogen-bond acceptors (Lipinski definition) is 1. The molecule has 11 rings (SSSR count). The Labute approximate surface area is 344 Å². The quantitative estimate of drug-likeness (QED) is 0.151. The van der Waals surface area contributed by atoms with Gasteiger partial charge in [0.25, 0.3) is 0 Å². The second-order valence-corrected chi connectivity index (χ2v) is 17.4. The van der Waals surface area contributed by atoms with E-state index in [1.165, 1.54) is 33.0 Å². The normalized spacial score (nSPS) is 14.8. The second-order valence-electron chi connectivity index (χ2n) is 15.0. The Morgan fingerprint density at radius 2 is 0.780 bits per heavy atom. The van der Waals surface area contributed by atoms with Gasteiger partial charge in [0.1, 0.15) is 0 Å². The molecule has 0 amide bonds. The molecule has 0 spiro atoms. The Hall–Kier alpha value is -7.39. The summed E-state index contributed by atoms with van der Waals surface area (Å²) in [5.74, 6) is 0. The molecule has 1 atom stereocenters. The molecule has 0 saturated carbocycles. The van der Waals surface area contributed by atoms with Crippen molar-refractivity contribution in [3.8, 4) is 39.1 Å². The molecular weight excluding hydrogens is 738 g/mol. The summed E-state index contributed by atoms with van der Waals surface area (Å²) in [6.45, 7) is 0. The van der Waals surface area contributed by atoms with Crippen LogP contribution in [0.1, 0.15) is 0 Å². The van der Waals surface area contributed by atoms with Crippen LogP contribution >= 0.6 is 7.44 Å². The Morgan fingerprint density at radius 3 is 1.39 bits per heavy atom. The monoisotopic (exact) mass is 775 g/mol. The number of hydrogen-bond donors (Lipinski definition) is 0. The Balaban J connectivity index is 1.10. The number of rotatable bonds is 7. The molecule has 1 unspecified atom stereocenters. The molecule has 1 aliphatic heterocycles. The largest absolute Gasteiger partial charge is 0.309 e. The van der Waals surface area contributed by atoms with Crippen LogP contribution in [0.25, 0.3) is 60.9 Å². The highest BCUT2D eigenvalue weighted by Gasteiger charge is 2.49. The zero-order chi connectivity index (χ0) is 39.3. The van der Waals surface area contributed by atoms with E-state index >= 15 is 4.57 Å². The van der Waals surface area contributed by atoms with E-state index in [1.807, 2.05) is 78.9 Å². The van der Waals surface area contributed by atoms with Crippen LogP contribution in [0.4, 0.5) is 22.7 Å². The van der Waals surface area contributed by atoms with Gasteiger partial charge in [-0.3, -0.25) is 13.9 Å². The van der Waals surface area contributed by atoms with Gasteiger partial charge in [0.05, 0.1) is 27.7 Å². The van der Waals surface area contributed by atoms with Crippen molar-refractivity contribution in [3.63, 3.8) is 0 Å². The van der Waals surface area contributed by atoms with Crippen LogP contribution in [-0.4, -0.2) is 4.57 Å². The van der Waals surface area contributed by atoms with Gasteiger partial charge >= 0.3 is 7.44 Å². The van der Waals surface area contributed by atoms with Crippen molar-refractivity contribution >= 4 is 57.3 Å². The van der Waals surface area contributed by atoms with Crippen molar-refractivity contribution in [2.24, 2.45) is 0 Å².